The summed E-state index contributed by atoms with van der Waals surface area (Å²) < 4.78 is 0. The molecule has 8 heteroatoms. The minimum atomic E-state index is -0.663. The molecule has 1 fully saturated rings. The summed E-state index contributed by atoms with van der Waals surface area (Å²) in [5.41, 5.74) is -0.624. The molecule has 0 radical (unpaired) electrons. The molecule has 7 nitrogen and oxygen atoms in total. The monoisotopic (exact) mass is 312 g/mol. The molecule has 2 rings (SSSR count). The molecule has 1 amide bonds. The van der Waals surface area contributed by atoms with Gasteiger partial charge in [-0.25, -0.2) is 4.98 Å². The van der Waals surface area contributed by atoms with Crippen molar-refractivity contribution >= 4 is 23.2 Å². The number of pyridine rings is 1. The Kier molecular flexibility index (Phi) is 4.15. The second kappa shape index (κ2) is 5.57. The highest BCUT2D eigenvalue weighted by Gasteiger charge is 2.36. The van der Waals surface area contributed by atoms with Crippen LogP contribution in [0.2, 0.25) is 5.15 Å². The average Bonchev–Trinajstić information content (AvgIpc) is 2.40. The SMILES string of the molecule is CN1CCN(C(=O)c2ccnc(Cl)c2[N+](=O)[O-])CC1(C)C. The number of rotatable bonds is 2. The Bertz CT molecular complexity index is 591. The van der Waals surface area contributed by atoms with Gasteiger partial charge in [0.05, 0.1) is 4.92 Å². The van der Waals surface area contributed by atoms with Gasteiger partial charge >= 0.3 is 5.69 Å². The van der Waals surface area contributed by atoms with Gasteiger partial charge in [-0.15, -0.1) is 0 Å². The molecule has 0 atom stereocenters. The van der Waals surface area contributed by atoms with Gasteiger partial charge in [0.15, 0.2) is 0 Å². The number of likely N-dealkylation sites (N-methyl/N-ethyl adjacent to an activating group) is 1. The number of carbonyl (C=O) groups excluding carboxylic acids is 1. The first-order valence-corrected chi connectivity index (χ1v) is 6.91. The van der Waals surface area contributed by atoms with Crippen LogP contribution >= 0.6 is 11.6 Å². The lowest BCUT2D eigenvalue weighted by atomic mass is 9.99. The maximum atomic E-state index is 12.6. The van der Waals surface area contributed by atoms with Crippen LogP contribution in [0.25, 0.3) is 0 Å². The number of carbonyl (C=O) groups is 1. The van der Waals surface area contributed by atoms with Gasteiger partial charge in [-0.3, -0.25) is 19.8 Å². The van der Waals surface area contributed by atoms with E-state index in [1.807, 2.05) is 20.9 Å². The van der Waals surface area contributed by atoms with Crippen molar-refractivity contribution in [2.24, 2.45) is 0 Å². The second-order valence-electron chi connectivity index (χ2n) is 5.72. The lowest BCUT2D eigenvalue weighted by Crippen LogP contribution is -2.58. The number of aromatic nitrogens is 1. The third-order valence-electron chi connectivity index (χ3n) is 3.90. The highest BCUT2D eigenvalue weighted by Crippen LogP contribution is 2.28. The lowest BCUT2D eigenvalue weighted by molar-refractivity contribution is -0.385. The molecule has 1 aromatic rings. The fourth-order valence-electron chi connectivity index (χ4n) is 2.36. The molecule has 2 heterocycles. The summed E-state index contributed by atoms with van der Waals surface area (Å²) in [6.45, 7) is 5.79. The van der Waals surface area contributed by atoms with Crippen molar-refractivity contribution in [3.8, 4) is 0 Å². The molecule has 114 valence electrons. The molecule has 0 unspecified atom stereocenters. The van der Waals surface area contributed by atoms with Crippen LogP contribution in [-0.2, 0) is 0 Å². The zero-order valence-electron chi connectivity index (χ0n) is 12.2. The normalized spacial score (nSPS) is 18.6. The van der Waals surface area contributed by atoms with E-state index < -0.39 is 10.6 Å². The average molecular weight is 313 g/mol. The second-order valence-corrected chi connectivity index (χ2v) is 6.07. The molecule has 0 bridgehead atoms. The van der Waals surface area contributed by atoms with E-state index >= 15 is 0 Å². The van der Waals surface area contributed by atoms with E-state index in [-0.39, 0.29) is 22.2 Å². The van der Waals surface area contributed by atoms with Gasteiger partial charge in [-0.1, -0.05) is 11.6 Å². The van der Waals surface area contributed by atoms with Crippen molar-refractivity contribution in [3.05, 3.63) is 33.1 Å². The summed E-state index contributed by atoms with van der Waals surface area (Å²) in [5.74, 6) is -0.382. The van der Waals surface area contributed by atoms with Crippen LogP contribution in [-0.4, -0.2) is 57.8 Å². The molecule has 0 aliphatic carbocycles. The maximum absolute atomic E-state index is 12.6. The van der Waals surface area contributed by atoms with E-state index in [1.165, 1.54) is 12.3 Å². The lowest BCUT2D eigenvalue weighted by Gasteiger charge is -2.45. The van der Waals surface area contributed by atoms with Crippen molar-refractivity contribution in [1.29, 1.82) is 0 Å². The Morgan fingerprint density at radius 2 is 2.14 bits per heavy atom. The number of halogens is 1. The molecule has 0 spiro atoms. The van der Waals surface area contributed by atoms with Crippen molar-refractivity contribution in [2.75, 3.05) is 26.7 Å². The van der Waals surface area contributed by atoms with Crippen LogP contribution in [0, 0.1) is 10.1 Å². The van der Waals surface area contributed by atoms with Crippen LogP contribution in [0.5, 0.6) is 0 Å². The highest BCUT2D eigenvalue weighted by molar-refractivity contribution is 6.32. The Morgan fingerprint density at radius 1 is 1.48 bits per heavy atom. The van der Waals surface area contributed by atoms with Crippen LogP contribution in [0.4, 0.5) is 5.69 Å². The molecular formula is C13H17ClN4O3. The van der Waals surface area contributed by atoms with Crippen LogP contribution < -0.4 is 0 Å². The smallest absolute Gasteiger partial charge is 0.319 e. The number of nitrogens with zero attached hydrogens (tertiary/aromatic N) is 4. The first-order valence-electron chi connectivity index (χ1n) is 6.53. The van der Waals surface area contributed by atoms with Crippen molar-refractivity contribution in [1.82, 2.24) is 14.8 Å². The molecule has 0 aromatic carbocycles. The Hall–Kier alpha value is -1.73. The summed E-state index contributed by atoms with van der Waals surface area (Å²) >= 11 is 5.75. The topological polar surface area (TPSA) is 79.6 Å². The van der Waals surface area contributed by atoms with Gasteiger partial charge in [0.2, 0.25) is 5.15 Å². The zero-order chi connectivity index (χ0) is 15.8. The van der Waals surface area contributed by atoms with Crippen LogP contribution in [0.1, 0.15) is 24.2 Å². The molecule has 1 aliphatic heterocycles. The Balaban J connectivity index is 2.34. The first kappa shape index (κ1) is 15.7. The number of piperazine rings is 1. The van der Waals surface area contributed by atoms with Crippen molar-refractivity contribution in [2.45, 2.75) is 19.4 Å². The quantitative estimate of drug-likeness (QED) is 0.473. The summed E-state index contributed by atoms with van der Waals surface area (Å²) in [4.78, 5) is 30.5. The van der Waals surface area contributed by atoms with E-state index in [4.69, 9.17) is 11.6 Å². The molecule has 1 saturated heterocycles. The summed E-state index contributed by atoms with van der Waals surface area (Å²) in [5, 5.41) is 10.8. The number of hydrogen-bond acceptors (Lipinski definition) is 5. The molecule has 0 N–H and O–H groups in total. The van der Waals surface area contributed by atoms with Crippen molar-refractivity contribution < 1.29 is 9.72 Å². The van der Waals surface area contributed by atoms with Gasteiger partial charge < -0.3 is 4.90 Å². The molecule has 0 saturated carbocycles. The van der Waals surface area contributed by atoms with E-state index in [1.54, 1.807) is 4.90 Å². The summed E-state index contributed by atoms with van der Waals surface area (Å²) in [6.07, 6.45) is 1.31. The van der Waals surface area contributed by atoms with Gasteiger partial charge in [0, 0.05) is 31.4 Å². The predicted octanol–water partition coefficient (Wildman–Crippen LogP) is 1.81. The third kappa shape index (κ3) is 2.98. The van der Waals surface area contributed by atoms with Gasteiger partial charge in [0.1, 0.15) is 5.56 Å². The molecule has 1 aliphatic rings. The Morgan fingerprint density at radius 3 is 2.71 bits per heavy atom. The maximum Gasteiger partial charge on any atom is 0.319 e. The van der Waals surface area contributed by atoms with Crippen LogP contribution in [0.15, 0.2) is 12.3 Å². The van der Waals surface area contributed by atoms with Gasteiger partial charge in [-0.05, 0) is 27.0 Å². The zero-order valence-corrected chi connectivity index (χ0v) is 12.9. The van der Waals surface area contributed by atoms with Crippen molar-refractivity contribution in [3.63, 3.8) is 0 Å². The highest BCUT2D eigenvalue weighted by atomic mass is 35.5. The van der Waals surface area contributed by atoms with E-state index in [2.05, 4.69) is 9.88 Å². The van der Waals surface area contributed by atoms with E-state index in [0.717, 1.165) is 0 Å². The van der Waals surface area contributed by atoms with E-state index in [9.17, 15) is 14.9 Å². The fraction of sp³-hybridized carbons (Fsp3) is 0.538. The number of amides is 1. The number of nitro groups is 1. The summed E-state index contributed by atoms with van der Waals surface area (Å²) in [7, 11) is 1.99. The standard InChI is InChI=1S/C13H17ClN4O3/c1-13(2)8-17(7-6-16(13)3)12(19)9-4-5-15-11(14)10(9)18(20)21/h4-5H,6-8H2,1-3H3. The third-order valence-corrected chi connectivity index (χ3v) is 4.17. The minimum Gasteiger partial charge on any atom is -0.335 e. The largest absolute Gasteiger partial charge is 0.335 e. The molecular weight excluding hydrogens is 296 g/mol. The molecule has 21 heavy (non-hydrogen) atoms. The first-order chi connectivity index (χ1) is 9.74. The fourth-order valence-corrected chi connectivity index (χ4v) is 2.59. The minimum absolute atomic E-state index is 0.0136. The van der Waals surface area contributed by atoms with Gasteiger partial charge in [-0.2, -0.15) is 0 Å². The van der Waals surface area contributed by atoms with Crippen LogP contribution in [0.3, 0.4) is 0 Å². The Labute approximate surface area is 127 Å². The predicted molar refractivity (Wildman–Crippen MR) is 78.5 cm³/mol. The van der Waals surface area contributed by atoms with E-state index in [0.29, 0.717) is 19.6 Å². The summed E-state index contributed by atoms with van der Waals surface area (Å²) in [6, 6.07) is 1.34. The van der Waals surface area contributed by atoms with Gasteiger partial charge in [0.25, 0.3) is 5.91 Å². The molecule has 1 aromatic heterocycles. The number of hydrogen-bond donors (Lipinski definition) is 0.